The minimum Gasteiger partial charge on any atom is -0.444 e. The lowest BCUT2D eigenvalue weighted by atomic mass is 10.1. The van der Waals surface area contributed by atoms with Crippen LogP contribution in [0.4, 0.5) is 13.6 Å². The van der Waals surface area contributed by atoms with Crippen LogP contribution in [0.25, 0.3) is 0 Å². The van der Waals surface area contributed by atoms with Crippen molar-refractivity contribution < 1.29 is 18.3 Å². The second-order valence-corrected chi connectivity index (χ2v) is 7.84. The second-order valence-electron chi connectivity index (χ2n) is 7.84. The predicted molar refractivity (Wildman–Crippen MR) is 105 cm³/mol. The van der Waals surface area contributed by atoms with Crippen LogP contribution in [0.2, 0.25) is 0 Å². The van der Waals surface area contributed by atoms with Crippen LogP contribution < -0.4 is 10.6 Å². The van der Waals surface area contributed by atoms with Crippen molar-refractivity contribution in [3.05, 3.63) is 35.4 Å². The molecule has 1 atom stereocenters. The van der Waals surface area contributed by atoms with Crippen molar-refractivity contribution in [3.63, 3.8) is 0 Å². The fourth-order valence-electron chi connectivity index (χ4n) is 3.02. The van der Waals surface area contributed by atoms with Gasteiger partial charge in [0.2, 0.25) is 0 Å². The number of aliphatic imine (C=N–C) groups is 1. The number of hydrogen-bond donors (Lipinski definition) is 2. The Bertz CT molecular complexity index is 684. The molecule has 1 saturated heterocycles. The van der Waals surface area contributed by atoms with Gasteiger partial charge in [-0.3, -0.25) is 4.99 Å². The summed E-state index contributed by atoms with van der Waals surface area (Å²) in [5.41, 5.74) is 0.0396. The Morgan fingerprint density at radius 3 is 2.57 bits per heavy atom. The van der Waals surface area contributed by atoms with Crippen LogP contribution in [0.3, 0.4) is 0 Å². The van der Waals surface area contributed by atoms with E-state index in [0.717, 1.165) is 25.0 Å². The summed E-state index contributed by atoms with van der Waals surface area (Å²) in [5, 5.41) is 6.12. The van der Waals surface area contributed by atoms with Gasteiger partial charge in [0.25, 0.3) is 0 Å². The number of nitrogens with zero attached hydrogens (tertiary/aromatic N) is 2. The number of ether oxygens (including phenoxy) is 1. The number of nitrogens with one attached hydrogen (secondary N) is 2. The Labute approximate surface area is 165 Å². The average Bonchev–Trinajstić information content (AvgIpc) is 2.99. The molecule has 0 bridgehead atoms. The van der Waals surface area contributed by atoms with E-state index in [0.29, 0.717) is 31.6 Å². The Morgan fingerprint density at radius 2 is 1.96 bits per heavy atom. The summed E-state index contributed by atoms with van der Waals surface area (Å²) in [6, 6.07) is 3.49. The molecule has 156 valence electrons. The largest absolute Gasteiger partial charge is 0.444 e. The molecule has 1 amide bonds. The van der Waals surface area contributed by atoms with E-state index in [9.17, 15) is 13.6 Å². The number of carbonyl (C=O) groups is 1. The van der Waals surface area contributed by atoms with Crippen LogP contribution in [-0.2, 0) is 11.2 Å². The van der Waals surface area contributed by atoms with Gasteiger partial charge >= 0.3 is 6.09 Å². The number of hydrogen-bond acceptors (Lipinski definition) is 3. The molecule has 1 unspecified atom stereocenters. The summed E-state index contributed by atoms with van der Waals surface area (Å²) in [7, 11) is 0. The molecular weight excluding hydrogens is 366 g/mol. The first-order chi connectivity index (χ1) is 13.2. The Morgan fingerprint density at radius 1 is 1.29 bits per heavy atom. The quantitative estimate of drug-likeness (QED) is 0.593. The molecular formula is C20H30F2N4O2. The standard InChI is InChI=1S/C20H30F2N4O2/c1-5-23-18(24-8-6-14-10-15(21)12-16(22)11-14)26-9-7-17(13-26)25-19(27)28-20(2,3)4/h10-12,17H,5-9,13H2,1-4H3,(H,23,24)(H,25,27). The van der Waals surface area contributed by atoms with Crippen LogP contribution >= 0.6 is 0 Å². The molecule has 0 aromatic heterocycles. The predicted octanol–water partition coefficient (Wildman–Crippen LogP) is 3.07. The molecule has 1 heterocycles. The van der Waals surface area contributed by atoms with E-state index >= 15 is 0 Å². The first-order valence-electron chi connectivity index (χ1n) is 9.64. The molecule has 0 spiro atoms. The smallest absolute Gasteiger partial charge is 0.407 e. The molecule has 0 radical (unpaired) electrons. The maximum Gasteiger partial charge on any atom is 0.407 e. The van der Waals surface area contributed by atoms with Gasteiger partial charge in [0.1, 0.15) is 17.2 Å². The van der Waals surface area contributed by atoms with E-state index in [1.165, 1.54) is 12.1 Å². The van der Waals surface area contributed by atoms with E-state index in [4.69, 9.17) is 4.74 Å². The van der Waals surface area contributed by atoms with E-state index in [2.05, 4.69) is 20.5 Å². The SMILES string of the molecule is CCNC(=NCCc1cc(F)cc(F)c1)N1CCC(NC(=O)OC(C)(C)C)C1. The third kappa shape index (κ3) is 7.32. The second kappa shape index (κ2) is 9.71. The van der Waals surface area contributed by atoms with Gasteiger partial charge in [-0.2, -0.15) is 0 Å². The highest BCUT2D eigenvalue weighted by Gasteiger charge is 2.27. The third-order valence-electron chi connectivity index (χ3n) is 4.13. The highest BCUT2D eigenvalue weighted by molar-refractivity contribution is 5.80. The van der Waals surface area contributed by atoms with Crippen LogP contribution in [0.5, 0.6) is 0 Å². The lowest BCUT2D eigenvalue weighted by molar-refractivity contribution is 0.0507. The summed E-state index contributed by atoms with van der Waals surface area (Å²) >= 11 is 0. The number of carbonyl (C=O) groups excluding carboxylic acids is 1. The van der Waals surface area contributed by atoms with Gasteiger partial charge < -0.3 is 20.3 Å². The zero-order valence-electron chi connectivity index (χ0n) is 17.0. The molecule has 6 nitrogen and oxygen atoms in total. The molecule has 2 N–H and O–H groups in total. The van der Waals surface area contributed by atoms with Gasteiger partial charge in [-0.1, -0.05) is 0 Å². The molecule has 1 aromatic rings. The maximum absolute atomic E-state index is 13.3. The van der Waals surface area contributed by atoms with E-state index in [-0.39, 0.29) is 6.04 Å². The van der Waals surface area contributed by atoms with Crippen LogP contribution in [0.15, 0.2) is 23.2 Å². The fourth-order valence-corrected chi connectivity index (χ4v) is 3.02. The van der Waals surface area contributed by atoms with Crippen molar-refractivity contribution in [2.24, 2.45) is 4.99 Å². The number of amides is 1. The molecule has 8 heteroatoms. The van der Waals surface area contributed by atoms with Gasteiger partial charge in [0.05, 0.1) is 6.04 Å². The van der Waals surface area contributed by atoms with Gasteiger partial charge in [0, 0.05) is 32.2 Å². The molecule has 1 aliphatic heterocycles. The van der Waals surface area contributed by atoms with E-state index in [1.807, 2.05) is 27.7 Å². The minimum atomic E-state index is -0.582. The molecule has 0 saturated carbocycles. The van der Waals surface area contributed by atoms with Gasteiger partial charge in [-0.15, -0.1) is 0 Å². The average molecular weight is 396 g/mol. The molecule has 1 fully saturated rings. The van der Waals surface area contributed by atoms with Crippen molar-refractivity contribution in [2.45, 2.75) is 52.2 Å². The highest BCUT2D eigenvalue weighted by Crippen LogP contribution is 2.13. The molecule has 2 rings (SSSR count). The molecule has 0 aliphatic carbocycles. The first kappa shape index (κ1) is 21.9. The van der Waals surface area contributed by atoms with Crippen LogP contribution in [0.1, 0.15) is 39.7 Å². The summed E-state index contributed by atoms with van der Waals surface area (Å²) in [4.78, 5) is 18.6. The Hall–Kier alpha value is -2.38. The number of benzene rings is 1. The first-order valence-corrected chi connectivity index (χ1v) is 9.64. The van der Waals surface area contributed by atoms with Gasteiger partial charge in [-0.25, -0.2) is 13.6 Å². The van der Waals surface area contributed by atoms with E-state index in [1.54, 1.807) is 0 Å². The number of guanidine groups is 1. The molecule has 1 aromatic carbocycles. The van der Waals surface area contributed by atoms with Gasteiger partial charge in [-0.05, 0) is 58.2 Å². The van der Waals surface area contributed by atoms with Crippen LogP contribution in [0, 0.1) is 11.6 Å². The van der Waals surface area contributed by atoms with Crippen molar-refractivity contribution in [1.29, 1.82) is 0 Å². The number of likely N-dealkylation sites (tertiary alicyclic amines) is 1. The topological polar surface area (TPSA) is 66.0 Å². The number of halogens is 2. The monoisotopic (exact) mass is 396 g/mol. The third-order valence-corrected chi connectivity index (χ3v) is 4.13. The lowest BCUT2D eigenvalue weighted by Crippen LogP contribution is -2.44. The molecule has 1 aliphatic rings. The summed E-state index contributed by atoms with van der Waals surface area (Å²) in [6.45, 7) is 9.94. The maximum atomic E-state index is 13.3. The lowest BCUT2D eigenvalue weighted by Gasteiger charge is -2.23. The van der Waals surface area contributed by atoms with Crippen molar-refractivity contribution in [2.75, 3.05) is 26.2 Å². The van der Waals surface area contributed by atoms with Crippen LogP contribution in [-0.4, -0.2) is 54.8 Å². The Kier molecular flexibility index (Phi) is 7.60. The Balaban J connectivity index is 1.90. The number of rotatable bonds is 5. The van der Waals surface area contributed by atoms with Crippen molar-refractivity contribution in [1.82, 2.24) is 15.5 Å². The fraction of sp³-hybridized carbons (Fsp3) is 0.600. The van der Waals surface area contributed by atoms with E-state index < -0.39 is 23.3 Å². The zero-order chi connectivity index (χ0) is 20.7. The summed E-state index contributed by atoms with van der Waals surface area (Å²) < 4.78 is 31.9. The van der Waals surface area contributed by atoms with Gasteiger partial charge in [0.15, 0.2) is 5.96 Å². The minimum absolute atomic E-state index is 0.0176. The van der Waals surface area contributed by atoms with Crippen molar-refractivity contribution >= 4 is 12.1 Å². The summed E-state index contributed by atoms with van der Waals surface area (Å²) in [6.07, 6.45) is 0.810. The molecule has 28 heavy (non-hydrogen) atoms. The highest BCUT2D eigenvalue weighted by atomic mass is 19.1. The van der Waals surface area contributed by atoms with Crippen molar-refractivity contribution in [3.8, 4) is 0 Å². The summed E-state index contributed by atoms with van der Waals surface area (Å²) in [5.74, 6) is -0.434. The normalized spacial score (nSPS) is 17.6. The number of alkyl carbamates (subject to hydrolysis) is 1. The zero-order valence-corrected chi connectivity index (χ0v) is 17.0.